The Hall–Kier alpha value is -3.03. The third kappa shape index (κ3) is 3.86. The predicted molar refractivity (Wildman–Crippen MR) is 119 cm³/mol. The second kappa shape index (κ2) is 8.24. The number of thiophene rings is 1. The topological polar surface area (TPSA) is 43.9 Å². The summed E-state index contributed by atoms with van der Waals surface area (Å²) in [5, 5.41) is 3.91. The Morgan fingerprint density at radius 3 is 2.32 bits per heavy atom. The average Bonchev–Trinajstić information content (AvgIpc) is 3.39. The van der Waals surface area contributed by atoms with Gasteiger partial charge >= 0.3 is 0 Å². The zero-order valence-corrected chi connectivity index (χ0v) is 17.8. The minimum atomic E-state index is -0.223. The molecule has 2 aliphatic rings. The van der Waals surface area contributed by atoms with Crippen molar-refractivity contribution in [3.63, 3.8) is 0 Å². The van der Waals surface area contributed by atoms with E-state index in [-0.39, 0.29) is 17.6 Å². The van der Waals surface area contributed by atoms with E-state index in [0.717, 1.165) is 49.5 Å². The predicted octanol–water partition coefficient (Wildman–Crippen LogP) is 4.01. The van der Waals surface area contributed by atoms with Crippen LogP contribution >= 0.6 is 11.3 Å². The highest BCUT2D eigenvalue weighted by Gasteiger charge is 2.38. The maximum Gasteiger partial charge on any atom is 0.263 e. The van der Waals surface area contributed by atoms with E-state index in [1.807, 2.05) is 41.1 Å². The monoisotopic (exact) mass is 435 g/mol. The molecule has 0 bridgehead atoms. The summed E-state index contributed by atoms with van der Waals surface area (Å²) in [6.07, 6.45) is 0. The van der Waals surface area contributed by atoms with E-state index in [1.165, 1.54) is 17.0 Å². The highest BCUT2D eigenvalue weighted by molar-refractivity contribution is 7.07. The summed E-state index contributed by atoms with van der Waals surface area (Å²) in [6, 6.07) is 14.1. The lowest BCUT2D eigenvalue weighted by Gasteiger charge is -2.36. The van der Waals surface area contributed by atoms with Crippen LogP contribution in [0.25, 0.3) is 0 Å². The molecule has 2 aliphatic heterocycles. The molecular formula is C24H22FN3O2S. The number of fused-ring (bicyclic) bond motifs is 1. The Morgan fingerprint density at radius 2 is 1.61 bits per heavy atom. The summed E-state index contributed by atoms with van der Waals surface area (Å²) in [4.78, 5) is 31.9. The molecule has 3 heterocycles. The van der Waals surface area contributed by atoms with E-state index in [9.17, 15) is 14.0 Å². The normalized spacial score (nSPS) is 16.8. The van der Waals surface area contributed by atoms with Gasteiger partial charge in [0.1, 0.15) is 5.82 Å². The Kier molecular flexibility index (Phi) is 5.29. The first-order chi connectivity index (χ1) is 15.1. The van der Waals surface area contributed by atoms with E-state index in [2.05, 4.69) is 9.80 Å². The van der Waals surface area contributed by atoms with Crippen LogP contribution in [0.4, 0.5) is 10.1 Å². The van der Waals surface area contributed by atoms with Gasteiger partial charge in [-0.05, 0) is 52.2 Å². The van der Waals surface area contributed by atoms with Gasteiger partial charge in [0.05, 0.1) is 23.4 Å². The minimum Gasteiger partial charge on any atom is -0.368 e. The zero-order valence-electron chi connectivity index (χ0n) is 17.0. The quantitative estimate of drug-likeness (QED) is 0.568. The maximum absolute atomic E-state index is 13.2. The maximum atomic E-state index is 13.2. The van der Waals surface area contributed by atoms with Crippen molar-refractivity contribution in [3.8, 4) is 0 Å². The first kappa shape index (κ1) is 19.9. The van der Waals surface area contributed by atoms with Crippen LogP contribution < -0.4 is 4.90 Å². The second-order valence-corrected chi connectivity index (χ2v) is 8.70. The summed E-state index contributed by atoms with van der Waals surface area (Å²) in [5.41, 5.74) is 3.90. The Bertz CT molecular complexity index is 1110. The molecule has 0 radical (unpaired) electrons. The van der Waals surface area contributed by atoms with Gasteiger partial charge in [0.25, 0.3) is 11.8 Å². The molecule has 1 fully saturated rings. The molecule has 0 spiro atoms. The van der Waals surface area contributed by atoms with Crippen molar-refractivity contribution >= 4 is 28.8 Å². The molecule has 5 rings (SSSR count). The number of amides is 2. The van der Waals surface area contributed by atoms with Crippen molar-refractivity contribution in [2.75, 3.05) is 31.1 Å². The van der Waals surface area contributed by atoms with E-state index >= 15 is 0 Å². The molecule has 0 N–H and O–H groups in total. The highest BCUT2D eigenvalue weighted by Crippen LogP contribution is 2.33. The number of anilines is 1. The van der Waals surface area contributed by atoms with Crippen molar-refractivity contribution in [3.05, 3.63) is 87.4 Å². The van der Waals surface area contributed by atoms with E-state index in [4.69, 9.17) is 0 Å². The van der Waals surface area contributed by atoms with Crippen molar-refractivity contribution in [2.45, 2.75) is 13.1 Å². The summed E-state index contributed by atoms with van der Waals surface area (Å²) in [5.74, 6) is -0.655. The van der Waals surface area contributed by atoms with Gasteiger partial charge in [0, 0.05) is 32.7 Å². The number of carbonyl (C=O) groups is 2. The SMILES string of the molecule is O=C1c2cccc(N3CCN(Cc4ccc(F)cc4)CC3)c2C(=O)N1Cc1ccsc1. The van der Waals surface area contributed by atoms with Crippen molar-refractivity contribution in [2.24, 2.45) is 0 Å². The third-order valence-electron chi connectivity index (χ3n) is 5.93. The molecule has 31 heavy (non-hydrogen) atoms. The Labute approximate surface area is 184 Å². The third-order valence-corrected chi connectivity index (χ3v) is 6.66. The second-order valence-electron chi connectivity index (χ2n) is 7.92. The van der Waals surface area contributed by atoms with Gasteiger partial charge in [-0.2, -0.15) is 11.3 Å². The lowest BCUT2D eigenvalue weighted by atomic mass is 10.1. The van der Waals surface area contributed by atoms with Crippen LogP contribution in [0.15, 0.2) is 59.3 Å². The van der Waals surface area contributed by atoms with Crippen molar-refractivity contribution < 1.29 is 14.0 Å². The van der Waals surface area contributed by atoms with Crippen LogP contribution in [-0.2, 0) is 13.1 Å². The average molecular weight is 436 g/mol. The number of imide groups is 1. The Morgan fingerprint density at radius 1 is 0.839 bits per heavy atom. The summed E-state index contributed by atoms with van der Waals surface area (Å²) >= 11 is 1.56. The molecule has 0 aliphatic carbocycles. The first-order valence-electron chi connectivity index (χ1n) is 10.3. The molecule has 0 unspecified atom stereocenters. The fourth-order valence-electron chi connectivity index (χ4n) is 4.28. The van der Waals surface area contributed by atoms with Crippen LogP contribution in [0.3, 0.4) is 0 Å². The summed E-state index contributed by atoms with van der Waals surface area (Å²) in [6.45, 7) is 4.28. The molecule has 5 nitrogen and oxygen atoms in total. The van der Waals surface area contributed by atoms with Crippen molar-refractivity contribution in [1.82, 2.24) is 9.80 Å². The summed E-state index contributed by atoms with van der Waals surface area (Å²) < 4.78 is 13.1. The molecule has 7 heteroatoms. The molecule has 0 atom stereocenters. The van der Waals surface area contributed by atoms with E-state index < -0.39 is 0 Å². The van der Waals surface area contributed by atoms with Crippen LogP contribution in [0.1, 0.15) is 31.8 Å². The standard InChI is InChI=1S/C24H22FN3O2S/c25-19-6-4-17(5-7-19)14-26-9-11-27(12-10-26)21-3-1-2-20-22(21)24(30)28(23(20)29)15-18-8-13-31-16-18/h1-8,13,16H,9-12,14-15H2. The van der Waals surface area contributed by atoms with Crippen LogP contribution in [0, 0.1) is 5.82 Å². The van der Waals surface area contributed by atoms with Gasteiger partial charge < -0.3 is 4.90 Å². The molecule has 1 aromatic heterocycles. The van der Waals surface area contributed by atoms with Crippen molar-refractivity contribution in [1.29, 1.82) is 0 Å². The summed E-state index contributed by atoms with van der Waals surface area (Å²) in [7, 11) is 0. The minimum absolute atomic E-state index is 0.212. The molecule has 158 valence electrons. The smallest absolute Gasteiger partial charge is 0.263 e. The van der Waals surface area contributed by atoms with Gasteiger partial charge in [-0.15, -0.1) is 0 Å². The van der Waals surface area contributed by atoms with Crippen LogP contribution in [0.2, 0.25) is 0 Å². The van der Waals surface area contributed by atoms with E-state index in [1.54, 1.807) is 17.4 Å². The molecular weight excluding hydrogens is 413 g/mol. The molecule has 1 saturated heterocycles. The first-order valence-corrected chi connectivity index (χ1v) is 11.3. The largest absolute Gasteiger partial charge is 0.368 e. The lowest BCUT2D eigenvalue weighted by Crippen LogP contribution is -2.46. The van der Waals surface area contributed by atoms with Gasteiger partial charge in [-0.1, -0.05) is 18.2 Å². The number of hydrogen-bond donors (Lipinski definition) is 0. The van der Waals surface area contributed by atoms with Crippen LogP contribution in [-0.4, -0.2) is 47.8 Å². The number of halogens is 1. The molecule has 2 aromatic carbocycles. The number of benzene rings is 2. The van der Waals surface area contributed by atoms with Gasteiger partial charge in [-0.3, -0.25) is 19.4 Å². The zero-order chi connectivity index (χ0) is 21.4. The van der Waals surface area contributed by atoms with Gasteiger partial charge in [0.15, 0.2) is 0 Å². The fourth-order valence-corrected chi connectivity index (χ4v) is 4.94. The molecule has 2 amide bonds. The number of carbonyl (C=O) groups excluding carboxylic acids is 2. The van der Waals surface area contributed by atoms with Gasteiger partial charge in [-0.25, -0.2) is 4.39 Å². The molecule has 3 aromatic rings. The highest BCUT2D eigenvalue weighted by atomic mass is 32.1. The number of piperazine rings is 1. The van der Waals surface area contributed by atoms with E-state index in [0.29, 0.717) is 17.7 Å². The fraction of sp³-hybridized carbons (Fsp3) is 0.250. The number of nitrogens with zero attached hydrogens (tertiary/aromatic N) is 3. The Balaban J connectivity index is 1.30. The number of rotatable bonds is 5. The van der Waals surface area contributed by atoms with Crippen LogP contribution in [0.5, 0.6) is 0 Å². The lowest BCUT2D eigenvalue weighted by molar-refractivity contribution is 0.0642. The van der Waals surface area contributed by atoms with Gasteiger partial charge in [0.2, 0.25) is 0 Å². The molecule has 0 saturated carbocycles. The number of hydrogen-bond acceptors (Lipinski definition) is 5.